The molecule has 0 saturated carbocycles. The number of ether oxygens (including phenoxy) is 1. The van der Waals surface area contributed by atoms with Gasteiger partial charge in [-0.1, -0.05) is 11.2 Å². The zero-order valence-corrected chi connectivity index (χ0v) is 18.5. The molecule has 2 aromatic carbocycles. The van der Waals surface area contributed by atoms with Crippen molar-refractivity contribution in [1.82, 2.24) is 10.1 Å². The van der Waals surface area contributed by atoms with Crippen molar-refractivity contribution in [2.75, 3.05) is 37.0 Å². The highest BCUT2D eigenvalue weighted by Crippen LogP contribution is 2.28. The SMILES string of the molecule is COc1ccc(-c2noc(N3CCCC(C(=O)N(C)c4ccc(C)c(C)c4)C3)n2)cc1. The molecule has 7 heteroatoms. The van der Waals surface area contributed by atoms with Crippen LogP contribution in [-0.4, -0.2) is 43.3 Å². The van der Waals surface area contributed by atoms with Gasteiger partial charge < -0.3 is 19.1 Å². The highest BCUT2D eigenvalue weighted by atomic mass is 16.5. The van der Waals surface area contributed by atoms with E-state index in [0.29, 0.717) is 18.4 Å². The molecule has 1 aromatic heterocycles. The Hall–Kier alpha value is -3.35. The number of anilines is 2. The maximum absolute atomic E-state index is 13.2. The van der Waals surface area contributed by atoms with Gasteiger partial charge in [-0.05, 0) is 74.2 Å². The second kappa shape index (κ2) is 8.79. The van der Waals surface area contributed by atoms with Gasteiger partial charge >= 0.3 is 6.01 Å². The third-order valence-electron chi connectivity index (χ3n) is 6.01. The minimum absolute atomic E-state index is 0.114. The Labute approximate surface area is 182 Å². The Balaban J connectivity index is 1.46. The van der Waals surface area contributed by atoms with Gasteiger partial charge in [-0.25, -0.2) is 0 Å². The normalized spacial score (nSPS) is 16.3. The van der Waals surface area contributed by atoms with E-state index in [1.165, 1.54) is 11.1 Å². The van der Waals surface area contributed by atoms with E-state index >= 15 is 0 Å². The number of benzene rings is 2. The number of nitrogens with zero attached hydrogens (tertiary/aromatic N) is 4. The highest BCUT2D eigenvalue weighted by Gasteiger charge is 2.31. The lowest BCUT2D eigenvalue weighted by atomic mass is 9.96. The minimum Gasteiger partial charge on any atom is -0.497 e. The molecule has 1 amide bonds. The Morgan fingerprint density at radius 3 is 2.65 bits per heavy atom. The van der Waals surface area contributed by atoms with Gasteiger partial charge in [0.05, 0.1) is 13.0 Å². The lowest BCUT2D eigenvalue weighted by molar-refractivity contribution is -0.122. The summed E-state index contributed by atoms with van der Waals surface area (Å²) in [6.07, 6.45) is 1.75. The Kier molecular flexibility index (Phi) is 5.93. The number of carbonyl (C=O) groups excluding carboxylic acids is 1. The van der Waals surface area contributed by atoms with E-state index in [2.05, 4.69) is 36.1 Å². The second-order valence-electron chi connectivity index (χ2n) is 8.08. The molecule has 7 nitrogen and oxygen atoms in total. The molecule has 0 bridgehead atoms. The first-order valence-electron chi connectivity index (χ1n) is 10.5. The van der Waals surface area contributed by atoms with E-state index in [1.54, 1.807) is 12.0 Å². The van der Waals surface area contributed by atoms with Crippen LogP contribution in [0.2, 0.25) is 0 Å². The van der Waals surface area contributed by atoms with Gasteiger partial charge in [0.1, 0.15) is 5.75 Å². The average molecular weight is 421 g/mol. The number of piperidine rings is 1. The number of hydrogen-bond acceptors (Lipinski definition) is 6. The van der Waals surface area contributed by atoms with Crippen LogP contribution in [0.4, 0.5) is 11.7 Å². The van der Waals surface area contributed by atoms with Crippen LogP contribution in [0.5, 0.6) is 5.75 Å². The summed E-state index contributed by atoms with van der Waals surface area (Å²) in [5.74, 6) is 1.30. The van der Waals surface area contributed by atoms with Gasteiger partial charge in [0.15, 0.2) is 0 Å². The summed E-state index contributed by atoms with van der Waals surface area (Å²) < 4.78 is 10.7. The van der Waals surface area contributed by atoms with E-state index in [0.717, 1.165) is 36.4 Å². The van der Waals surface area contributed by atoms with Gasteiger partial charge in [-0.2, -0.15) is 4.98 Å². The van der Waals surface area contributed by atoms with E-state index in [1.807, 2.05) is 42.3 Å². The predicted octanol–water partition coefficient (Wildman–Crippen LogP) is 4.24. The van der Waals surface area contributed by atoms with E-state index in [-0.39, 0.29) is 11.8 Å². The third-order valence-corrected chi connectivity index (χ3v) is 6.01. The fourth-order valence-corrected chi connectivity index (χ4v) is 3.89. The zero-order valence-electron chi connectivity index (χ0n) is 18.5. The summed E-state index contributed by atoms with van der Waals surface area (Å²) >= 11 is 0. The van der Waals surface area contributed by atoms with Gasteiger partial charge in [0, 0.05) is 31.4 Å². The van der Waals surface area contributed by atoms with Gasteiger partial charge in [-0.15, -0.1) is 0 Å². The number of hydrogen-bond donors (Lipinski definition) is 0. The summed E-state index contributed by atoms with van der Waals surface area (Å²) in [7, 11) is 3.48. The molecular formula is C24H28N4O3. The minimum atomic E-state index is -0.114. The monoisotopic (exact) mass is 420 g/mol. The van der Waals surface area contributed by atoms with Crippen molar-refractivity contribution in [3.8, 4) is 17.1 Å². The van der Waals surface area contributed by atoms with Gasteiger partial charge in [0.25, 0.3) is 0 Å². The highest BCUT2D eigenvalue weighted by molar-refractivity contribution is 5.95. The zero-order chi connectivity index (χ0) is 22.0. The van der Waals surface area contributed by atoms with Crippen molar-refractivity contribution >= 4 is 17.6 Å². The molecule has 1 aliphatic heterocycles. The van der Waals surface area contributed by atoms with Crippen LogP contribution >= 0.6 is 0 Å². The van der Waals surface area contributed by atoms with Gasteiger partial charge in [-0.3, -0.25) is 4.79 Å². The molecule has 162 valence electrons. The van der Waals surface area contributed by atoms with E-state index in [9.17, 15) is 4.79 Å². The van der Waals surface area contributed by atoms with E-state index in [4.69, 9.17) is 9.26 Å². The number of methoxy groups -OCH3 is 1. The number of aryl methyl sites for hydroxylation is 2. The predicted molar refractivity (Wildman–Crippen MR) is 121 cm³/mol. The lowest BCUT2D eigenvalue weighted by Crippen LogP contribution is -2.44. The van der Waals surface area contributed by atoms with Gasteiger partial charge in [0.2, 0.25) is 11.7 Å². The van der Waals surface area contributed by atoms with Crippen molar-refractivity contribution in [3.05, 3.63) is 53.6 Å². The largest absolute Gasteiger partial charge is 0.497 e. The second-order valence-corrected chi connectivity index (χ2v) is 8.08. The molecule has 1 unspecified atom stereocenters. The summed E-state index contributed by atoms with van der Waals surface area (Å²) in [5, 5.41) is 4.12. The maximum Gasteiger partial charge on any atom is 0.324 e. The van der Waals surface area contributed by atoms with E-state index < -0.39 is 0 Å². The molecule has 2 heterocycles. The molecule has 0 N–H and O–H groups in total. The molecule has 1 atom stereocenters. The van der Waals surface area contributed by atoms with Crippen LogP contribution < -0.4 is 14.5 Å². The Bertz CT molecular complexity index is 1060. The Morgan fingerprint density at radius 2 is 1.94 bits per heavy atom. The molecule has 31 heavy (non-hydrogen) atoms. The van der Waals surface area contributed by atoms with Crippen LogP contribution in [0.3, 0.4) is 0 Å². The molecule has 0 spiro atoms. The van der Waals surface area contributed by atoms with Crippen molar-refractivity contribution in [2.24, 2.45) is 5.92 Å². The number of amides is 1. The first kappa shape index (κ1) is 20.9. The third kappa shape index (κ3) is 4.40. The van der Waals surface area contributed by atoms with Crippen LogP contribution in [-0.2, 0) is 4.79 Å². The van der Waals surface area contributed by atoms with Crippen LogP contribution in [0, 0.1) is 19.8 Å². The molecule has 1 fully saturated rings. The topological polar surface area (TPSA) is 71.7 Å². The van der Waals surface area contributed by atoms with Crippen LogP contribution in [0.25, 0.3) is 11.4 Å². The number of carbonyl (C=O) groups is 1. The summed E-state index contributed by atoms with van der Waals surface area (Å²) in [6.45, 7) is 5.50. The molecular weight excluding hydrogens is 392 g/mol. The van der Waals surface area contributed by atoms with Crippen molar-refractivity contribution < 1.29 is 14.1 Å². The standard InChI is InChI=1S/C24H28N4O3/c1-16-7-10-20(14-17(16)2)27(3)23(29)19-6-5-13-28(15-19)24-25-22(26-31-24)18-8-11-21(30-4)12-9-18/h7-12,14,19H,5-6,13,15H2,1-4H3. The van der Waals surface area contributed by atoms with Crippen molar-refractivity contribution in [3.63, 3.8) is 0 Å². The van der Waals surface area contributed by atoms with Crippen LogP contribution in [0.15, 0.2) is 47.0 Å². The summed E-state index contributed by atoms with van der Waals surface area (Å²) in [5.41, 5.74) is 4.18. The summed E-state index contributed by atoms with van der Waals surface area (Å²) in [6, 6.07) is 14.1. The molecule has 1 aliphatic rings. The molecule has 4 rings (SSSR count). The smallest absolute Gasteiger partial charge is 0.324 e. The molecule has 3 aromatic rings. The fraction of sp³-hybridized carbons (Fsp3) is 0.375. The average Bonchev–Trinajstić information content (AvgIpc) is 3.30. The number of aromatic nitrogens is 2. The van der Waals surface area contributed by atoms with Crippen molar-refractivity contribution in [2.45, 2.75) is 26.7 Å². The van der Waals surface area contributed by atoms with Crippen LogP contribution in [0.1, 0.15) is 24.0 Å². The maximum atomic E-state index is 13.2. The first-order valence-corrected chi connectivity index (χ1v) is 10.5. The molecule has 0 radical (unpaired) electrons. The lowest BCUT2D eigenvalue weighted by Gasteiger charge is -2.32. The van der Waals surface area contributed by atoms with Crippen molar-refractivity contribution in [1.29, 1.82) is 0 Å². The summed E-state index contributed by atoms with van der Waals surface area (Å²) in [4.78, 5) is 21.5. The fourth-order valence-electron chi connectivity index (χ4n) is 3.89. The molecule has 1 saturated heterocycles. The Morgan fingerprint density at radius 1 is 1.16 bits per heavy atom. The quantitative estimate of drug-likeness (QED) is 0.615. The molecule has 0 aliphatic carbocycles. The number of rotatable bonds is 5. The first-order chi connectivity index (χ1) is 15.0.